The van der Waals surface area contributed by atoms with Crippen molar-refractivity contribution in [3.05, 3.63) is 23.8 Å². The van der Waals surface area contributed by atoms with E-state index in [4.69, 9.17) is 9.47 Å². The molecule has 1 amide bonds. The van der Waals surface area contributed by atoms with Crippen molar-refractivity contribution in [2.75, 3.05) is 43.2 Å². The Morgan fingerprint density at radius 3 is 2.73 bits per heavy atom. The predicted molar refractivity (Wildman–Crippen MR) is 99.0 cm³/mol. The Morgan fingerprint density at radius 2 is 1.96 bits per heavy atom. The van der Waals surface area contributed by atoms with E-state index in [1.165, 1.54) is 23.8 Å². The van der Waals surface area contributed by atoms with Crippen molar-refractivity contribution in [1.29, 1.82) is 0 Å². The molecule has 2 aromatic rings. The number of fused-ring (bicyclic) bond motifs is 1. The zero-order valence-corrected chi connectivity index (χ0v) is 15.6. The number of piperazine rings is 1. The number of hydrogen-bond donors (Lipinski definition) is 1. The number of hydrogen-bond acceptors (Lipinski definition) is 8. The molecule has 1 N–H and O–H groups in total. The molecule has 1 fully saturated rings. The molecule has 0 bridgehead atoms. The lowest BCUT2D eigenvalue weighted by Crippen LogP contribution is -2.47. The van der Waals surface area contributed by atoms with Gasteiger partial charge in [0.25, 0.3) is 0 Å². The van der Waals surface area contributed by atoms with Gasteiger partial charge in [0.05, 0.1) is 0 Å². The lowest BCUT2D eigenvalue weighted by molar-refractivity contribution is -0.114. The maximum atomic E-state index is 11.1. The maximum absolute atomic E-state index is 11.1. The van der Waals surface area contributed by atoms with Gasteiger partial charge in [-0.15, -0.1) is 10.2 Å². The van der Waals surface area contributed by atoms with Crippen LogP contribution in [0.25, 0.3) is 0 Å². The molecule has 0 unspecified atom stereocenters. The Morgan fingerprint density at radius 1 is 1.19 bits per heavy atom. The average Bonchev–Trinajstić information content (AvgIpc) is 3.29. The van der Waals surface area contributed by atoms with Gasteiger partial charge in [-0.3, -0.25) is 9.69 Å². The lowest BCUT2D eigenvalue weighted by Gasteiger charge is -2.38. The fourth-order valence-electron chi connectivity index (χ4n) is 3.23. The second kappa shape index (κ2) is 7.08. The van der Waals surface area contributed by atoms with E-state index in [2.05, 4.69) is 44.4 Å². The van der Waals surface area contributed by atoms with Gasteiger partial charge in [0, 0.05) is 39.1 Å². The highest BCUT2D eigenvalue weighted by atomic mass is 32.1. The molecule has 0 radical (unpaired) electrons. The minimum atomic E-state index is -0.130. The van der Waals surface area contributed by atoms with Gasteiger partial charge in [0.2, 0.25) is 23.0 Å². The normalized spacial score (nSPS) is 18.0. The number of rotatable bonds is 4. The third kappa shape index (κ3) is 3.45. The third-order valence-electron chi connectivity index (χ3n) is 4.71. The largest absolute Gasteiger partial charge is 0.454 e. The van der Waals surface area contributed by atoms with Gasteiger partial charge < -0.3 is 19.7 Å². The number of ether oxygens (including phenoxy) is 2. The number of nitrogens with one attached hydrogen (secondary N) is 1. The summed E-state index contributed by atoms with van der Waals surface area (Å²) < 4.78 is 10.9. The second-order valence-corrected chi connectivity index (χ2v) is 7.34. The fraction of sp³-hybridized carbons (Fsp3) is 0.471. The highest BCUT2D eigenvalue weighted by Gasteiger charge is 2.25. The van der Waals surface area contributed by atoms with Crippen molar-refractivity contribution in [2.24, 2.45) is 0 Å². The quantitative estimate of drug-likeness (QED) is 0.877. The van der Waals surface area contributed by atoms with Crippen molar-refractivity contribution >= 4 is 27.5 Å². The number of amides is 1. The van der Waals surface area contributed by atoms with E-state index in [0.717, 1.165) is 42.8 Å². The number of aromatic nitrogens is 2. The maximum Gasteiger partial charge on any atom is 0.231 e. The minimum absolute atomic E-state index is 0.130. The molecule has 9 heteroatoms. The average molecular weight is 375 g/mol. The van der Waals surface area contributed by atoms with E-state index >= 15 is 0 Å². The molecular weight excluding hydrogens is 354 g/mol. The molecule has 0 spiro atoms. The van der Waals surface area contributed by atoms with Gasteiger partial charge in [0.1, 0.15) is 0 Å². The zero-order chi connectivity index (χ0) is 18.1. The van der Waals surface area contributed by atoms with Crippen LogP contribution in [0, 0.1) is 0 Å². The lowest BCUT2D eigenvalue weighted by atomic mass is 10.1. The summed E-state index contributed by atoms with van der Waals surface area (Å²) in [5.41, 5.74) is 1.23. The first kappa shape index (κ1) is 17.0. The Bertz CT molecular complexity index is 803. The molecule has 1 atom stereocenters. The van der Waals surface area contributed by atoms with Gasteiger partial charge in [-0.2, -0.15) is 0 Å². The molecule has 1 aromatic carbocycles. The van der Waals surface area contributed by atoms with Crippen LogP contribution in [0.1, 0.15) is 25.5 Å². The van der Waals surface area contributed by atoms with Crippen LogP contribution in [0.3, 0.4) is 0 Å². The van der Waals surface area contributed by atoms with Crippen LogP contribution in [0.4, 0.5) is 10.3 Å². The molecule has 1 aromatic heterocycles. The first-order valence-corrected chi connectivity index (χ1v) is 9.41. The molecule has 138 valence electrons. The molecular formula is C17H21N5O3S. The van der Waals surface area contributed by atoms with Crippen LogP contribution < -0.4 is 19.7 Å². The fourth-order valence-corrected chi connectivity index (χ4v) is 4.07. The number of carbonyl (C=O) groups is 1. The summed E-state index contributed by atoms with van der Waals surface area (Å²) in [4.78, 5) is 15.8. The van der Waals surface area contributed by atoms with Crippen LogP contribution in [-0.4, -0.2) is 54.0 Å². The van der Waals surface area contributed by atoms with Crippen molar-refractivity contribution in [3.63, 3.8) is 0 Å². The Kier molecular flexibility index (Phi) is 4.64. The van der Waals surface area contributed by atoms with Crippen LogP contribution in [0.2, 0.25) is 0 Å². The number of anilines is 2. The summed E-state index contributed by atoms with van der Waals surface area (Å²) in [6.45, 7) is 7.61. The minimum Gasteiger partial charge on any atom is -0.454 e. The SMILES string of the molecule is CC(=O)Nc1nnc(N2CCN([C@@H](C)c3ccc4c(c3)OCO4)CC2)s1. The van der Waals surface area contributed by atoms with E-state index in [1.54, 1.807) is 0 Å². The van der Waals surface area contributed by atoms with Gasteiger partial charge in [-0.25, -0.2) is 0 Å². The topological polar surface area (TPSA) is 79.8 Å². The van der Waals surface area contributed by atoms with Gasteiger partial charge >= 0.3 is 0 Å². The molecule has 8 nitrogen and oxygen atoms in total. The van der Waals surface area contributed by atoms with E-state index in [-0.39, 0.29) is 5.91 Å². The van der Waals surface area contributed by atoms with Crippen LogP contribution in [0.5, 0.6) is 11.5 Å². The van der Waals surface area contributed by atoms with Crippen molar-refractivity contribution < 1.29 is 14.3 Å². The third-order valence-corrected chi connectivity index (χ3v) is 5.61. The molecule has 0 saturated carbocycles. The summed E-state index contributed by atoms with van der Waals surface area (Å²) in [6, 6.07) is 6.46. The van der Waals surface area contributed by atoms with Gasteiger partial charge in [-0.1, -0.05) is 17.4 Å². The molecule has 4 rings (SSSR count). The van der Waals surface area contributed by atoms with Crippen LogP contribution >= 0.6 is 11.3 Å². The molecule has 1 saturated heterocycles. The van der Waals surface area contributed by atoms with Gasteiger partial charge in [0.15, 0.2) is 11.5 Å². The first-order chi connectivity index (χ1) is 12.6. The standard InChI is InChI=1S/C17H21N5O3S/c1-11(13-3-4-14-15(9-13)25-10-24-14)21-5-7-22(8-6-21)17-20-19-16(26-17)18-12(2)23/h3-4,9,11H,5-8,10H2,1-2H3,(H,18,19,23)/t11-/m0/s1. The van der Waals surface area contributed by atoms with Crippen molar-refractivity contribution in [3.8, 4) is 11.5 Å². The number of benzene rings is 1. The second-order valence-electron chi connectivity index (χ2n) is 6.38. The highest BCUT2D eigenvalue weighted by Crippen LogP contribution is 2.35. The van der Waals surface area contributed by atoms with Crippen LogP contribution in [0.15, 0.2) is 18.2 Å². The smallest absolute Gasteiger partial charge is 0.231 e. The first-order valence-electron chi connectivity index (χ1n) is 8.60. The Hall–Kier alpha value is -2.39. The van der Waals surface area contributed by atoms with Crippen LogP contribution in [-0.2, 0) is 4.79 Å². The number of nitrogens with zero attached hydrogens (tertiary/aromatic N) is 4. The Labute approximate surface area is 155 Å². The molecule has 0 aliphatic carbocycles. The van der Waals surface area contributed by atoms with E-state index in [0.29, 0.717) is 18.0 Å². The Balaban J connectivity index is 1.37. The molecule has 26 heavy (non-hydrogen) atoms. The van der Waals surface area contributed by atoms with Crippen molar-refractivity contribution in [1.82, 2.24) is 15.1 Å². The molecule has 2 aliphatic heterocycles. The van der Waals surface area contributed by atoms with E-state index < -0.39 is 0 Å². The van der Waals surface area contributed by atoms with Gasteiger partial charge in [-0.05, 0) is 24.6 Å². The highest BCUT2D eigenvalue weighted by molar-refractivity contribution is 7.19. The van der Waals surface area contributed by atoms with E-state index in [9.17, 15) is 4.79 Å². The predicted octanol–water partition coefficient (Wildman–Crippen LogP) is 2.11. The summed E-state index contributed by atoms with van der Waals surface area (Å²) in [6.07, 6.45) is 0. The summed E-state index contributed by atoms with van der Waals surface area (Å²) >= 11 is 1.41. The summed E-state index contributed by atoms with van der Waals surface area (Å²) in [7, 11) is 0. The summed E-state index contributed by atoms with van der Waals surface area (Å²) in [5.74, 6) is 1.51. The number of carbonyl (C=O) groups excluding carboxylic acids is 1. The summed E-state index contributed by atoms with van der Waals surface area (Å²) in [5, 5.41) is 12.3. The molecule has 2 aliphatic rings. The molecule has 3 heterocycles. The zero-order valence-electron chi connectivity index (χ0n) is 14.8. The van der Waals surface area contributed by atoms with Crippen molar-refractivity contribution in [2.45, 2.75) is 19.9 Å². The monoisotopic (exact) mass is 375 g/mol. The van der Waals surface area contributed by atoms with E-state index in [1.807, 2.05) is 6.07 Å².